The topological polar surface area (TPSA) is 59.8 Å². The van der Waals surface area contributed by atoms with E-state index < -0.39 is 6.10 Å². The lowest BCUT2D eigenvalue weighted by Gasteiger charge is -2.17. The highest BCUT2D eigenvalue weighted by atomic mass is 35.5. The second-order valence-electron chi connectivity index (χ2n) is 5.72. The number of aryl methyl sites for hydroxylation is 1. The van der Waals surface area contributed by atoms with Gasteiger partial charge in [-0.05, 0) is 12.1 Å². The number of hydrogen-bond donors (Lipinski definition) is 1. The van der Waals surface area contributed by atoms with Crippen molar-refractivity contribution in [2.45, 2.75) is 18.8 Å². The number of likely N-dealkylation sites (tertiary alicyclic amines) is 1. The summed E-state index contributed by atoms with van der Waals surface area (Å²) in [7, 11) is 3.46. The maximum absolute atomic E-state index is 10.2. The second-order valence-corrected chi connectivity index (χ2v) is 6.16. The van der Waals surface area contributed by atoms with E-state index in [1.165, 1.54) is 0 Å². The summed E-state index contributed by atoms with van der Waals surface area (Å²) in [6.07, 6.45) is 2.64. The molecule has 1 N–H and O–H groups in total. The van der Waals surface area contributed by atoms with Gasteiger partial charge >= 0.3 is 0 Å². The molecule has 1 aromatic heterocycles. The van der Waals surface area contributed by atoms with Gasteiger partial charge in [-0.25, -0.2) is 0 Å². The van der Waals surface area contributed by atoms with E-state index >= 15 is 0 Å². The summed E-state index contributed by atoms with van der Waals surface area (Å²) in [6, 6.07) is 5.59. The van der Waals surface area contributed by atoms with Gasteiger partial charge < -0.3 is 14.6 Å². The van der Waals surface area contributed by atoms with Crippen LogP contribution in [0.2, 0.25) is 5.02 Å². The number of halogens is 1. The molecule has 0 amide bonds. The lowest BCUT2D eigenvalue weighted by Crippen LogP contribution is -2.29. The van der Waals surface area contributed by atoms with Crippen LogP contribution in [-0.4, -0.2) is 52.2 Å². The van der Waals surface area contributed by atoms with Crippen molar-refractivity contribution in [3.63, 3.8) is 0 Å². The van der Waals surface area contributed by atoms with Crippen molar-refractivity contribution in [2.24, 2.45) is 7.05 Å². The predicted octanol–water partition coefficient (Wildman–Crippen LogP) is 1.71. The Morgan fingerprint density at radius 3 is 2.91 bits per heavy atom. The van der Waals surface area contributed by atoms with Gasteiger partial charge in [-0.3, -0.25) is 9.58 Å². The predicted molar refractivity (Wildman–Crippen MR) is 86.9 cm³/mol. The van der Waals surface area contributed by atoms with Crippen LogP contribution in [0.3, 0.4) is 0 Å². The summed E-state index contributed by atoms with van der Waals surface area (Å²) >= 11 is 5.99. The van der Waals surface area contributed by atoms with Crippen LogP contribution in [-0.2, 0) is 13.6 Å². The smallest absolute Gasteiger partial charge is 0.157 e. The third-order valence-corrected chi connectivity index (χ3v) is 4.16. The van der Waals surface area contributed by atoms with Gasteiger partial charge in [0.25, 0.3) is 0 Å². The Morgan fingerprint density at radius 1 is 1.39 bits per heavy atom. The molecule has 7 heteroatoms. The molecule has 1 fully saturated rings. The van der Waals surface area contributed by atoms with Gasteiger partial charge in [0.15, 0.2) is 5.75 Å². The first-order valence-electron chi connectivity index (χ1n) is 7.43. The number of rotatable bonds is 5. The van der Waals surface area contributed by atoms with Crippen LogP contribution in [0.1, 0.15) is 5.56 Å². The first-order chi connectivity index (χ1) is 11.0. The zero-order valence-corrected chi connectivity index (χ0v) is 13.9. The van der Waals surface area contributed by atoms with E-state index in [2.05, 4.69) is 10.00 Å². The fourth-order valence-electron chi connectivity index (χ4n) is 2.80. The first kappa shape index (κ1) is 16.1. The molecule has 0 radical (unpaired) electrons. The molecule has 2 atom stereocenters. The molecule has 0 aliphatic carbocycles. The number of aliphatic hydroxyl groups excluding tert-OH is 1. The number of benzene rings is 1. The minimum absolute atomic E-state index is 0.266. The van der Waals surface area contributed by atoms with Crippen molar-refractivity contribution < 1.29 is 14.6 Å². The van der Waals surface area contributed by atoms with Crippen molar-refractivity contribution in [3.8, 4) is 11.5 Å². The van der Waals surface area contributed by atoms with Gasteiger partial charge in [0.05, 0.1) is 19.5 Å². The molecule has 1 aromatic carbocycles. The highest BCUT2D eigenvalue weighted by Gasteiger charge is 2.33. The van der Waals surface area contributed by atoms with Crippen LogP contribution in [0.25, 0.3) is 0 Å². The summed E-state index contributed by atoms with van der Waals surface area (Å²) in [5.74, 6) is 1.42. The zero-order chi connectivity index (χ0) is 16.4. The summed E-state index contributed by atoms with van der Waals surface area (Å²) in [4.78, 5) is 2.14. The molecule has 1 aliphatic rings. The van der Waals surface area contributed by atoms with Gasteiger partial charge in [-0.1, -0.05) is 17.7 Å². The van der Waals surface area contributed by atoms with E-state index in [1.54, 1.807) is 30.3 Å². The maximum Gasteiger partial charge on any atom is 0.157 e. The average molecular weight is 338 g/mol. The number of ether oxygens (including phenoxy) is 2. The first-order valence-corrected chi connectivity index (χ1v) is 7.81. The fourth-order valence-corrected chi connectivity index (χ4v) is 2.96. The third-order valence-electron chi connectivity index (χ3n) is 3.92. The second kappa shape index (κ2) is 6.78. The number of aromatic nitrogens is 2. The van der Waals surface area contributed by atoms with Crippen LogP contribution in [0, 0.1) is 0 Å². The monoisotopic (exact) mass is 337 g/mol. The standard InChI is InChI=1S/C16H20ClN3O3/c1-19-8-13(6-18-19)23-16-10-20(9-14(16)21)7-11-3-4-12(17)5-15(11)22-2/h3-6,8,14,16,21H,7,9-10H2,1-2H3/t14-,16-/m1/s1. The minimum Gasteiger partial charge on any atom is -0.496 e. The molecule has 0 saturated carbocycles. The summed E-state index contributed by atoms with van der Waals surface area (Å²) in [6.45, 7) is 1.86. The van der Waals surface area contributed by atoms with Crippen molar-refractivity contribution in [2.75, 3.05) is 20.2 Å². The largest absolute Gasteiger partial charge is 0.496 e. The molecule has 124 valence electrons. The Balaban J connectivity index is 1.64. The van der Waals surface area contributed by atoms with Crippen LogP contribution < -0.4 is 9.47 Å². The molecule has 3 rings (SSSR count). The SMILES string of the molecule is COc1cc(Cl)ccc1CN1C[C@@H](O)[C@H](Oc2cnn(C)c2)C1. The highest BCUT2D eigenvalue weighted by Crippen LogP contribution is 2.26. The van der Waals surface area contributed by atoms with Crippen LogP contribution in [0.5, 0.6) is 11.5 Å². The fraction of sp³-hybridized carbons (Fsp3) is 0.438. The number of methoxy groups -OCH3 is 1. The molecule has 1 saturated heterocycles. The maximum atomic E-state index is 10.2. The van der Waals surface area contributed by atoms with E-state index in [4.69, 9.17) is 21.1 Å². The van der Waals surface area contributed by atoms with E-state index in [1.807, 2.05) is 19.2 Å². The van der Waals surface area contributed by atoms with Crippen molar-refractivity contribution in [1.82, 2.24) is 14.7 Å². The molecular weight excluding hydrogens is 318 g/mol. The van der Waals surface area contributed by atoms with Gasteiger partial charge in [-0.15, -0.1) is 0 Å². The lowest BCUT2D eigenvalue weighted by molar-refractivity contribution is 0.0736. The number of aliphatic hydroxyl groups is 1. The van der Waals surface area contributed by atoms with Gasteiger partial charge in [0, 0.05) is 37.3 Å². The Morgan fingerprint density at radius 2 is 2.22 bits per heavy atom. The molecule has 0 spiro atoms. The molecule has 2 heterocycles. The number of β-amino-alcohol motifs (C(OH)–C–C–N with tert-alkyl or cyclic N) is 1. The number of hydrogen-bond acceptors (Lipinski definition) is 5. The summed E-state index contributed by atoms with van der Waals surface area (Å²) in [5.41, 5.74) is 1.03. The van der Waals surface area contributed by atoms with E-state index in [0.29, 0.717) is 30.4 Å². The van der Waals surface area contributed by atoms with E-state index in [0.717, 1.165) is 11.3 Å². The van der Waals surface area contributed by atoms with Crippen molar-refractivity contribution >= 4 is 11.6 Å². The average Bonchev–Trinajstić information content (AvgIpc) is 3.07. The molecule has 0 bridgehead atoms. The van der Waals surface area contributed by atoms with Crippen LogP contribution >= 0.6 is 11.6 Å². The minimum atomic E-state index is -0.534. The van der Waals surface area contributed by atoms with Crippen LogP contribution in [0.4, 0.5) is 0 Å². The Bertz CT molecular complexity index is 676. The zero-order valence-electron chi connectivity index (χ0n) is 13.1. The van der Waals surface area contributed by atoms with Gasteiger partial charge in [-0.2, -0.15) is 5.10 Å². The Hall–Kier alpha value is -1.76. The van der Waals surface area contributed by atoms with Gasteiger partial charge in [0.1, 0.15) is 18.0 Å². The molecule has 23 heavy (non-hydrogen) atoms. The van der Waals surface area contributed by atoms with Crippen molar-refractivity contribution in [3.05, 3.63) is 41.2 Å². The van der Waals surface area contributed by atoms with Crippen LogP contribution in [0.15, 0.2) is 30.6 Å². The Kier molecular flexibility index (Phi) is 4.75. The number of nitrogens with zero attached hydrogens (tertiary/aromatic N) is 3. The van der Waals surface area contributed by atoms with E-state index in [9.17, 15) is 5.11 Å². The summed E-state index contributed by atoms with van der Waals surface area (Å²) in [5, 5.41) is 14.9. The van der Waals surface area contributed by atoms with E-state index in [-0.39, 0.29) is 6.10 Å². The molecule has 2 aromatic rings. The normalized spacial score (nSPS) is 21.6. The summed E-state index contributed by atoms with van der Waals surface area (Å²) < 4.78 is 12.9. The Labute approximate surface area is 140 Å². The molecule has 0 unspecified atom stereocenters. The molecule has 6 nitrogen and oxygen atoms in total. The third kappa shape index (κ3) is 3.77. The van der Waals surface area contributed by atoms with Crippen molar-refractivity contribution in [1.29, 1.82) is 0 Å². The van der Waals surface area contributed by atoms with Gasteiger partial charge in [0.2, 0.25) is 0 Å². The quantitative estimate of drug-likeness (QED) is 0.900. The highest BCUT2D eigenvalue weighted by molar-refractivity contribution is 6.30. The molecular formula is C16H20ClN3O3. The lowest BCUT2D eigenvalue weighted by atomic mass is 10.2. The molecule has 1 aliphatic heterocycles.